The van der Waals surface area contributed by atoms with E-state index < -0.39 is 0 Å². The molecule has 0 radical (unpaired) electrons. The predicted molar refractivity (Wildman–Crippen MR) is 196 cm³/mol. The zero-order valence-electron chi connectivity index (χ0n) is 26.1. The number of rotatable bonds is 5. The normalized spacial score (nSPS) is 14.3. The summed E-state index contributed by atoms with van der Waals surface area (Å²) in [5.74, 6) is 0. The van der Waals surface area contributed by atoms with Gasteiger partial charge in [-0.3, -0.25) is 0 Å². The van der Waals surface area contributed by atoms with Crippen LogP contribution in [0.3, 0.4) is 0 Å². The fraction of sp³-hybridized carbons (Fsp3) is 0.0455. The molecule has 0 saturated heterocycles. The molecular formula is C44H31N3. The Balaban J connectivity index is 1.33. The van der Waals surface area contributed by atoms with E-state index in [1.54, 1.807) is 0 Å². The quantitative estimate of drug-likeness (QED) is 0.193. The van der Waals surface area contributed by atoms with Crippen LogP contribution in [0.25, 0.3) is 49.9 Å². The van der Waals surface area contributed by atoms with Crippen LogP contribution < -0.4 is 0 Å². The lowest BCUT2D eigenvalue weighted by atomic mass is 9.94. The Morgan fingerprint density at radius 1 is 0.702 bits per heavy atom. The summed E-state index contributed by atoms with van der Waals surface area (Å²) in [5.41, 5.74) is 14.7. The Morgan fingerprint density at radius 3 is 2.11 bits per heavy atom. The van der Waals surface area contributed by atoms with E-state index in [0.717, 1.165) is 40.1 Å². The van der Waals surface area contributed by atoms with Gasteiger partial charge >= 0.3 is 0 Å². The monoisotopic (exact) mass is 601 g/mol. The van der Waals surface area contributed by atoms with Gasteiger partial charge < -0.3 is 4.57 Å². The van der Waals surface area contributed by atoms with E-state index in [-0.39, 0.29) is 0 Å². The van der Waals surface area contributed by atoms with E-state index in [0.29, 0.717) is 11.3 Å². The van der Waals surface area contributed by atoms with E-state index in [1.165, 1.54) is 44.1 Å². The van der Waals surface area contributed by atoms with Crippen molar-refractivity contribution in [3.63, 3.8) is 0 Å². The van der Waals surface area contributed by atoms with E-state index in [4.69, 9.17) is 4.99 Å². The average molecular weight is 602 g/mol. The molecule has 0 aliphatic heterocycles. The second-order valence-corrected chi connectivity index (χ2v) is 12.0. The summed E-state index contributed by atoms with van der Waals surface area (Å²) < 4.78 is 2.36. The highest BCUT2D eigenvalue weighted by molar-refractivity contribution is 6.24. The molecule has 0 bridgehead atoms. The lowest BCUT2D eigenvalue weighted by Gasteiger charge is -2.14. The number of hydrogen-bond acceptors (Lipinski definition) is 2. The molecule has 0 N–H and O–H groups in total. The zero-order valence-corrected chi connectivity index (χ0v) is 26.1. The second-order valence-electron chi connectivity index (χ2n) is 12.0. The highest BCUT2D eigenvalue weighted by Crippen LogP contribution is 2.40. The fourth-order valence-corrected chi connectivity index (χ4v) is 6.97. The number of fused-ring (bicyclic) bond motifs is 4. The first-order valence-electron chi connectivity index (χ1n) is 15.9. The summed E-state index contributed by atoms with van der Waals surface area (Å²) in [6, 6.07) is 52.9. The van der Waals surface area contributed by atoms with Gasteiger partial charge in [-0.15, -0.1) is 0 Å². The van der Waals surface area contributed by atoms with Crippen LogP contribution in [0.15, 0.2) is 163 Å². The number of nitriles is 1. The first-order chi connectivity index (χ1) is 23.1. The number of allylic oxidation sites excluding steroid dienone is 2. The summed E-state index contributed by atoms with van der Waals surface area (Å²) in [6.45, 7) is 6.58. The Labute approximate surface area is 274 Å². The Bertz CT molecular complexity index is 2410. The molecule has 8 rings (SSSR count). The van der Waals surface area contributed by atoms with Gasteiger partial charge in [0.1, 0.15) is 0 Å². The zero-order chi connectivity index (χ0) is 31.9. The fourth-order valence-electron chi connectivity index (χ4n) is 6.97. The molecule has 0 saturated carbocycles. The third-order valence-electron chi connectivity index (χ3n) is 9.27. The molecule has 0 unspecified atom stereocenters. The third kappa shape index (κ3) is 4.88. The Hall–Kier alpha value is -6.24. The standard InChI is InChI=1S/C44H31N3/c1-29(32-14-4-3-5-15-32)40-27-35-18-12-22-37(43(35)44(40)46-30(2)33-16-10-13-31(25-33)28-45)34-17-11-19-36(26-34)47-41-23-8-6-20-38(41)39-21-7-9-24-42(39)47/h3-26H,2,27H2,1H3/b40-29+,46-44?. The van der Waals surface area contributed by atoms with Crippen LogP contribution in [0.5, 0.6) is 0 Å². The molecule has 7 aromatic rings. The largest absolute Gasteiger partial charge is 0.309 e. The molecule has 1 aromatic heterocycles. The van der Waals surface area contributed by atoms with E-state index in [9.17, 15) is 5.26 Å². The number of nitrogens with zero attached hydrogens (tertiary/aromatic N) is 3. The first kappa shape index (κ1) is 28.2. The van der Waals surface area contributed by atoms with Crippen LogP contribution in [0.1, 0.15) is 34.7 Å². The molecule has 0 amide bonds. The van der Waals surface area contributed by atoms with Crippen LogP contribution in [-0.2, 0) is 6.42 Å². The van der Waals surface area contributed by atoms with Gasteiger partial charge in [0.05, 0.1) is 34.1 Å². The molecule has 0 atom stereocenters. The molecular weight excluding hydrogens is 571 g/mol. The van der Waals surface area contributed by atoms with E-state index in [2.05, 4.69) is 139 Å². The van der Waals surface area contributed by atoms with Crippen molar-refractivity contribution in [1.82, 2.24) is 4.57 Å². The summed E-state index contributed by atoms with van der Waals surface area (Å²) in [6.07, 6.45) is 0.779. The number of hydrogen-bond donors (Lipinski definition) is 0. The molecule has 1 aliphatic rings. The van der Waals surface area contributed by atoms with Crippen LogP contribution in [-0.4, -0.2) is 10.3 Å². The number of benzene rings is 6. The van der Waals surface area contributed by atoms with Gasteiger partial charge in [0.2, 0.25) is 0 Å². The van der Waals surface area contributed by atoms with E-state index in [1.807, 2.05) is 30.3 Å². The maximum atomic E-state index is 9.54. The van der Waals surface area contributed by atoms with Gasteiger partial charge in [-0.25, -0.2) is 4.99 Å². The molecule has 0 fully saturated rings. The van der Waals surface area contributed by atoms with Gasteiger partial charge in [0, 0.05) is 34.0 Å². The lowest BCUT2D eigenvalue weighted by molar-refractivity contribution is 1.18. The van der Waals surface area contributed by atoms with Gasteiger partial charge in [0.15, 0.2) is 0 Å². The number of aromatic nitrogens is 1. The second kappa shape index (κ2) is 11.6. The molecule has 0 spiro atoms. The minimum absolute atomic E-state index is 0.592. The Kier molecular flexibility index (Phi) is 6.97. The predicted octanol–water partition coefficient (Wildman–Crippen LogP) is 10.8. The lowest BCUT2D eigenvalue weighted by Crippen LogP contribution is -2.04. The number of aliphatic imine (C=N–C) groups is 1. The van der Waals surface area contributed by atoms with Crippen LogP contribution in [0.2, 0.25) is 0 Å². The topological polar surface area (TPSA) is 41.1 Å². The van der Waals surface area contributed by atoms with Crippen molar-refractivity contribution in [2.75, 3.05) is 0 Å². The smallest absolute Gasteiger partial charge is 0.0991 e. The minimum Gasteiger partial charge on any atom is -0.309 e. The summed E-state index contributed by atoms with van der Waals surface area (Å²) in [7, 11) is 0. The molecule has 1 heterocycles. The van der Waals surface area contributed by atoms with Gasteiger partial charge in [-0.05, 0) is 76.7 Å². The van der Waals surface area contributed by atoms with Crippen molar-refractivity contribution in [3.05, 3.63) is 186 Å². The van der Waals surface area contributed by atoms with Crippen molar-refractivity contribution in [3.8, 4) is 22.9 Å². The molecule has 6 aromatic carbocycles. The van der Waals surface area contributed by atoms with Gasteiger partial charge in [-0.1, -0.05) is 116 Å². The van der Waals surface area contributed by atoms with E-state index >= 15 is 0 Å². The van der Waals surface area contributed by atoms with Crippen LogP contribution in [0.4, 0.5) is 0 Å². The highest BCUT2D eigenvalue weighted by Gasteiger charge is 2.29. The molecule has 3 heteroatoms. The highest BCUT2D eigenvalue weighted by atomic mass is 15.0. The van der Waals surface area contributed by atoms with Crippen LogP contribution in [0, 0.1) is 11.3 Å². The summed E-state index contributed by atoms with van der Waals surface area (Å²) in [4.78, 5) is 5.28. The number of para-hydroxylation sites is 2. The minimum atomic E-state index is 0.592. The van der Waals surface area contributed by atoms with Crippen molar-refractivity contribution >= 4 is 38.8 Å². The SMILES string of the molecule is C=C(N=C1/C(=C(\C)c2ccccc2)Cc2cccc(-c3cccc(-n4c5ccccc5c5ccccc54)c3)c21)c1cccc(C#N)c1. The van der Waals surface area contributed by atoms with Crippen molar-refractivity contribution in [2.24, 2.45) is 4.99 Å². The average Bonchev–Trinajstić information content (AvgIpc) is 3.67. The van der Waals surface area contributed by atoms with Crippen molar-refractivity contribution in [1.29, 1.82) is 5.26 Å². The summed E-state index contributed by atoms with van der Waals surface area (Å²) in [5, 5.41) is 12.0. The molecule has 47 heavy (non-hydrogen) atoms. The van der Waals surface area contributed by atoms with Gasteiger partial charge in [-0.2, -0.15) is 5.26 Å². The maximum Gasteiger partial charge on any atom is 0.0991 e. The molecule has 3 nitrogen and oxygen atoms in total. The first-order valence-corrected chi connectivity index (χ1v) is 15.9. The van der Waals surface area contributed by atoms with Crippen LogP contribution >= 0.6 is 0 Å². The van der Waals surface area contributed by atoms with Gasteiger partial charge in [0.25, 0.3) is 0 Å². The summed E-state index contributed by atoms with van der Waals surface area (Å²) >= 11 is 0. The van der Waals surface area contributed by atoms with Crippen molar-refractivity contribution < 1.29 is 0 Å². The Morgan fingerprint density at radius 2 is 1.36 bits per heavy atom. The third-order valence-corrected chi connectivity index (χ3v) is 9.27. The molecule has 222 valence electrons. The molecule has 1 aliphatic carbocycles. The maximum absolute atomic E-state index is 9.54. The van der Waals surface area contributed by atoms with Crippen molar-refractivity contribution in [2.45, 2.75) is 13.3 Å².